The molecule has 26 heavy (non-hydrogen) atoms. The number of hydrogen-bond donors (Lipinski definition) is 2. The van der Waals surface area contributed by atoms with E-state index in [1.165, 1.54) is 0 Å². The van der Waals surface area contributed by atoms with Crippen LogP contribution < -0.4 is 19.5 Å². The lowest BCUT2D eigenvalue weighted by Gasteiger charge is -2.29. The normalized spacial score (nSPS) is 18.7. The van der Waals surface area contributed by atoms with Gasteiger partial charge in [-0.05, 0) is 31.5 Å². The number of carboxylic acid groups (broad SMARTS) is 1. The van der Waals surface area contributed by atoms with Crippen LogP contribution in [-0.2, 0) is 9.59 Å². The summed E-state index contributed by atoms with van der Waals surface area (Å²) < 4.78 is 16.1. The molecule has 144 valence electrons. The van der Waals surface area contributed by atoms with Gasteiger partial charge in [0.05, 0.1) is 19.0 Å². The fourth-order valence-electron chi connectivity index (χ4n) is 2.99. The van der Waals surface area contributed by atoms with Gasteiger partial charge in [-0.15, -0.1) is 12.4 Å². The first kappa shape index (κ1) is 20.1. The molecular formula is C17H23ClN2O6. The Kier molecular flexibility index (Phi) is 7.35. The molecule has 8 nitrogen and oxygen atoms in total. The summed E-state index contributed by atoms with van der Waals surface area (Å²) in [5.74, 6) is 0.707. The van der Waals surface area contributed by atoms with Crippen LogP contribution in [0.5, 0.6) is 17.2 Å². The number of likely N-dealkylation sites (tertiary alicyclic amines) is 1. The predicted molar refractivity (Wildman–Crippen MR) is 95.1 cm³/mol. The third kappa shape index (κ3) is 5.40. The molecule has 1 aromatic carbocycles. The molecule has 9 heteroatoms. The fourth-order valence-corrected chi connectivity index (χ4v) is 2.99. The zero-order chi connectivity index (χ0) is 17.6. The average Bonchev–Trinajstić information content (AvgIpc) is 3.06. The van der Waals surface area contributed by atoms with Crippen LogP contribution in [0.1, 0.15) is 12.8 Å². The van der Waals surface area contributed by atoms with E-state index < -0.39 is 5.97 Å². The van der Waals surface area contributed by atoms with Gasteiger partial charge < -0.3 is 24.6 Å². The molecule has 1 aromatic rings. The second-order valence-corrected chi connectivity index (χ2v) is 6.13. The van der Waals surface area contributed by atoms with E-state index in [4.69, 9.17) is 19.3 Å². The molecule has 1 atom stereocenters. The van der Waals surface area contributed by atoms with Gasteiger partial charge in [0.25, 0.3) is 0 Å². The van der Waals surface area contributed by atoms with Crippen LogP contribution in [0.2, 0.25) is 0 Å². The number of amides is 1. The zero-order valence-corrected chi connectivity index (χ0v) is 15.1. The highest BCUT2D eigenvalue weighted by Gasteiger charge is 2.26. The number of nitrogens with zero attached hydrogens (tertiary/aromatic N) is 1. The average molecular weight is 387 g/mol. The van der Waals surface area contributed by atoms with Crippen molar-refractivity contribution >= 4 is 24.3 Å². The monoisotopic (exact) mass is 386 g/mol. The number of aliphatic carboxylic acids is 1. The Morgan fingerprint density at radius 1 is 1.31 bits per heavy atom. The van der Waals surface area contributed by atoms with Crippen LogP contribution in [0.15, 0.2) is 18.2 Å². The SMILES string of the molecule is Cl.O=C(CN1CCCC(C(=O)O)C1)NCCOc1ccc2c(c1)OCO2. The summed E-state index contributed by atoms with van der Waals surface area (Å²) in [6.45, 7) is 2.33. The first-order valence-corrected chi connectivity index (χ1v) is 8.36. The predicted octanol–water partition coefficient (Wildman–Crippen LogP) is 1.13. The van der Waals surface area contributed by atoms with Crippen molar-refractivity contribution in [2.45, 2.75) is 12.8 Å². The van der Waals surface area contributed by atoms with Crippen molar-refractivity contribution in [2.24, 2.45) is 5.92 Å². The number of halogens is 1. The summed E-state index contributed by atoms with van der Waals surface area (Å²) >= 11 is 0. The number of rotatable bonds is 7. The number of ether oxygens (including phenoxy) is 3. The Morgan fingerprint density at radius 2 is 2.12 bits per heavy atom. The second-order valence-electron chi connectivity index (χ2n) is 6.13. The molecule has 3 rings (SSSR count). The van der Waals surface area contributed by atoms with Gasteiger partial charge in [0, 0.05) is 12.6 Å². The van der Waals surface area contributed by atoms with Gasteiger partial charge in [-0.1, -0.05) is 0 Å². The minimum Gasteiger partial charge on any atom is -0.492 e. The fraction of sp³-hybridized carbons (Fsp3) is 0.529. The molecular weight excluding hydrogens is 364 g/mol. The minimum absolute atomic E-state index is 0. The van der Waals surface area contributed by atoms with Crippen LogP contribution in [-0.4, -0.2) is 61.5 Å². The van der Waals surface area contributed by atoms with E-state index in [1.54, 1.807) is 18.2 Å². The highest BCUT2D eigenvalue weighted by atomic mass is 35.5. The van der Waals surface area contributed by atoms with Gasteiger partial charge in [0.15, 0.2) is 11.5 Å². The summed E-state index contributed by atoms with van der Waals surface area (Å²) in [5, 5.41) is 11.9. The largest absolute Gasteiger partial charge is 0.492 e. The molecule has 2 N–H and O–H groups in total. The number of nitrogens with one attached hydrogen (secondary N) is 1. The van der Waals surface area contributed by atoms with E-state index in [0.717, 1.165) is 13.0 Å². The molecule has 2 heterocycles. The van der Waals surface area contributed by atoms with Gasteiger partial charge in [0.1, 0.15) is 12.4 Å². The van der Waals surface area contributed by atoms with Crippen molar-refractivity contribution in [2.75, 3.05) is 39.6 Å². The number of fused-ring (bicyclic) bond motifs is 1. The number of benzene rings is 1. The highest BCUT2D eigenvalue weighted by Crippen LogP contribution is 2.34. The summed E-state index contributed by atoms with van der Waals surface area (Å²) in [4.78, 5) is 24.9. The highest BCUT2D eigenvalue weighted by molar-refractivity contribution is 5.85. The van der Waals surface area contributed by atoms with E-state index >= 15 is 0 Å². The molecule has 0 bridgehead atoms. The molecule has 0 aliphatic carbocycles. The van der Waals surface area contributed by atoms with E-state index in [2.05, 4.69) is 5.32 Å². The van der Waals surface area contributed by atoms with Gasteiger partial charge in [-0.25, -0.2) is 0 Å². The van der Waals surface area contributed by atoms with Crippen molar-refractivity contribution in [3.63, 3.8) is 0 Å². The summed E-state index contributed by atoms with van der Waals surface area (Å²) in [5.41, 5.74) is 0. The van der Waals surface area contributed by atoms with Gasteiger partial charge in [-0.2, -0.15) is 0 Å². The maximum Gasteiger partial charge on any atom is 0.307 e. The summed E-state index contributed by atoms with van der Waals surface area (Å²) in [7, 11) is 0. The molecule has 1 fully saturated rings. The summed E-state index contributed by atoms with van der Waals surface area (Å²) in [6.07, 6.45) is 1.48. The van der Waals surface area contributed by atoms with Gasteiger partial charge >= 0.3 is 5.97 Å². The van der Waals surface area contributed by atoms with Crippen molar-refractivity contribution in [1.82, 2.24) is 10.2 Å². The maximum atomic E-state index is 12.0. The lowest BCUT2D eigenvalue weighted by Crippen LogP contribution is -2.44. The van der Waals surface area contributed by atoms with E-state index in [9.17, 15) is 9.59 Å². The molecule has 2 aliphatic heterocycles. The Morgan fingerprint density at radius 3 is 2.92 bits per heavy atom. The number of carbonyl (C=O) groups is 2. The first-order valence-electron chi connectivity index (χ1n) is 8.36. The Balaban J connectivity index is 0.00000243. The second kappa shape index (κ2) is 9.49. The lowest BCUT2D eigenvalue weighted by atomic mass is 9.98. The van der Waals surface area contributed by atoms with Gasteiger partial charge in [-0.3, -0.25) is 14.5 Å². The Hall–Kier alpha value is -2.19. The molecule has 2 aliphatic rings. The van der Waals surface area contributed by atoms with Crippen LogP contribution >= 0.6 is 12.4 Å². The first-order chi connectivity index (χ1) is 12.1. The van der Waals surface area contributed by atoms with E-state index in [1.807, 2.05) is 4.90 Å². The third-order valence-corrected chi connectivity index (χ3v) is 4.26. The number of carbonyl (C=O) groups excluding carboxylic acids is 1. The number of carboxylic acids is 1. The molecule has 0 spiro atoms. The zero-order valence-electron chi connectivity index (χ0n) is 14.3. The molecule has 1 amide bonds. The lowest BCUT2D eigenvalue weighted by molar-refractivity contribution is -0.144. The van der Waals surface area contributed by atoms with E-state index in [0.29, 0.717) is 43.4 Å². The number of piperidine rings is 1. The smallest absolute Gasteiger partial charge is 0.307 e. The molecule has 0 radical (unpaired) electrons. The van der Waals surface area contributed by atoms with Crippen LogP contribution in [0, 0.1) is 5.92 Å². The molecule has 1 saturated heterocycles. The third-order valence-electron chi connectivity index (χ3n) is 4.26. The van der Waals surface area contributed by atoms with Crippen molar-refractivity contribution < 1.29 is 28.9 Å². The molecule has 0 aromatic heterocycles. The number of hydrogen-bond acceptors (Lipinski definition) is 6. The van der Waals surface area contributed by atoms with Crippen molar-refractivity contribution in [3.8, 4) is 17.2 Å². The quantitative estimate of drug-likeness (QED) is 0.678. The molecule has 0 saturated carbocycles. The summed E-state index contributed by atoms with van der Waals surface area (Å²) in [6, 6.07) is 5.32. The van der Waals surface area contributed by atoms with Crippen LogP contribution in [0.3, 0.4) is 0 Å². The minimum atomic E-state index is -0.790. The van der Waals surface area contributed by atoms with E-state index in [-0.39, 0.29) is 37.6 Å². The standard InChI is InChI=1S/C17H22N2O6.ClH/c20-16(10-19-6-1-2-12(9-19)17(21)22)18-5-7-23-13-3-4-14-15(8-13)25-11-24-14;/h3-4,8,12H,1-2,5-7,9-11H2,(H,18,20)(H,21,22);1H. The Labute approximate surface area is 157 Å². The topological polar surface area (TPSA) is 97.3 Å². The van der Waals surface area contributed by atoms with Crippen molar-refractivity contribution in [1.29, 1.82) is 0 Å². The van der Waals surface area contributed by atoms with Crippen molar-refractivity contribution in [3.05, 3.63) is 18.2 Å². The van der Waals surface area contributed by atoms with Crippen LogP contribution in [0.25, 0.3) is 0 Å². The van der Waals surface area contributed by atoms with Crippen LogP contribution in [0.4, 0.5) is 0 Å². The van der Waals surface area contributed by atoms with Gasteiger partial charge in [0.2, 0.25) is 12.7 Å². The molecule has 1 unspecified atom stereocenters. The Bertz CT molecular complexity index is 642. The maximum absolute atomic E-state index is 12.0.